The van der Waals surface area contributed by atoms with Crippen LogP contribution in [-0.2, 0) is 20.7 Å². The minimum Gasteiger partial charge on any atom is -0.460 e. The molecule has 164 valence electrons. The molecule has 1 N–H and O–H groups in total. The molecule has 0 saturated heterocycles. The Bertz CT molecular complexity index is 1150. The van der Waals surface area contributed by atoms with Crippen molar-refractivity contribution in [1.82, 2.24) is 5.09 Å². The van der Waals surface area contributed by atoms with Gasteiger partial charge in [-0.15, -0.1) is 0 Å². The van der Waals surface area contributed by atoms with Crippen molar-refractivity contribution in [2.24, 2.45) is 0 Å². The van der Waals surface area contributed by atoms with Crippen molar-refractivity contribution in [3.05, 3.63) is 101 Å². The van der Waals surface area contributed by atoms with Gasteiger partial charge in [0.15, 0.2) is 5.75 Å². The van der Waals surface area contributed by atoms with E-state index in [0.29, 0.717) is 0 Å². The van der Waals surface area contributed by atoms with Gasteiger partial charge in [0.2, 0.25) is 5.69 Å². The molecule has 0 aliphatic carbocycles. The van der Waals surface area contributed by atoms with Gasteiger partial charge >= 0.3 is 13.7 Å². The number of halogens is 1. The number of esters is 1. The number of para-hydroxylation sites is 2. The summed E-state index contributed by atoms with van der Waals surface area (Å²) in [6.45, 7) is 8.85. The number of ether oxygens (including phenoxy) is 1. The average Bonchev–Trinajstić information content (AvgIpc) is 2.80. The van der Waals surface area contributed by atoms with Crippen molar-refractivity contribution < 1.29 is 23.1 Å². The minimum absolute atomic E-state index is 0.0514. The van der Waals surface area contributed by atoms with Gasteiger partial charge in [-0.1, -0.05) is 72.3 Å². The lowest BCUT2D eigenvalue weighted by atomic mass is 10.2. The smallest absolute Gasteiger partial charge is 0.460 e. The summed E-state index contributed by atoms with van der Waals surface area (Å²) in [6.07, 6.45) is 0. The zero-order chi connectivity index (χ0) is 23.0. The van der Waals surface area contributed by atoms with E-state index in [4.69, 9.17) is 32.0 Å². The molecule has 0 aliphatic rings. The molecule has 0 fully saturated rings. The van der Waals surface area contributed by atoms with Crippen LogP contribution in [-0.4, -0.2) is 12.0 Å². The average molecular weight is 471 g/mol. The molecule has 2 atom stereocenters. The third kappa shape index (κ3) is 6.35. The number of hydrogen-bond donors (Lipinski definition) is 1. The summed E-state index contributed by atoms with van der Waals surface area (Å²) in [5.41, 5.74) is 0.862. The van der Waals surface area contributed by atoms with E-state index in [0.717, 1.165) is 5.56 Å². The molecule has 0 bridgehead atoms. The number of rotatable bonds is 9. The van der Waals surface area contributed by atoms with Crippen LogP contribution in [0.15, 0.2) is 78.9 Å². The van der Waals surface area contributed by atoms with Crippen molar-refractivity contribution in [1.29, 1.82) is 0 Å². The van der Waals surface area contributed by atoms with Crippen LogP contribution in [0.25, 0.3) is 4.85 Å². The van der Waals surface area contributed by atoms with E-state index in [1.807, 2.05) is 30.3 Å². The van der Waals surface area contributed by atoms with E-state index < -0.39 is 19.8 Å². The molecule has 9 heteroatoms. The second-order valence-corrected chi connectivity index (χ2v) is 8.66. The summed E-state index contributed by atoms with van der Waals surface area (Å²) < 4.78 is 30.1. The fraction of sp³-hybridized carbons (Fsp3) is 0.130. The van der Waals surface area contributed by atoms with Gasteiger partial charge in [-0.05, 0) is 30.7 Å². The Morgan fingerprint density at radius 2 is 1.69 bits per heavy atom. The Morgan fingerprint density at radius 1 is 1.03 bits per heavy atom. The summed E-state index contributed by atoms with van der Waals surface area (Å²) in [5, 5.41) is 2.66. The highest BCUT2D eigenvalue weighted by Gasteiger charge is 2.35. The number of carbonyl (C=O) groups excluding carboxylic acids is 1. The Kier molecular flexibility index (Phi) is 7.91. The van der Waals surface area contributed by atoms with E-state index >= 15 is 0 Å². The molecule has 0 radical (unpaired) electrons. The van der Waals surface area contributed by atoms with Crippen LogP contribution in [0.1, 0.15) is 12.5 Å². The van der Waals surface area contributed by atoms with Gasteiger partial charge in [0, 0.05) is 0 Å². The van der Waals surface area contributed by atoms with Gasteiger partial charge in [0.1, 0.15) is 18.4 Å². The van der Waals surface area contributed by atoms with Crippen LogP contribution in [0.4, 0.5) is 5.69 Å². The number of benzene rings is 3. The van der Waals surface area contributed by atoms with E-state index in [9.17, 15) is 9.36 Å². The fourth-order valence-electron chi connectivity index (χ4n) is 2.63. The van der Waals surface area contributed by atoms with Crippen LogP contribution < -0.4 is 14.1 Å². The predicted molar refractivity (Wildman–Crippen MR) is 122 cm³/mol. The Hall–Kier alpha value is -3.30. The molecular weight excluding hydrogens is 451 g/mol. The molecule has 32 heavy (non-hydrogen) atoms. The van der Waals surface area contributed by atoms with Crippen molar-refractivity contribution in [2.75, 3.05) is 0 Å². The first-order chi connectivity index (χ1) is 15.4. The van der Waals surface area contributed by atoms with Crippen LogP contribution in [0.3, 0.4) is 0 Å². The maximum Gasteiger partial charge on any atom is 0.512 e. The topological polar surface area (TPSA) is 78.2 Å². The lowest BCUT2D eigenvalue weighted by Crippen LogP contribution is -2.35. The molecule has 3 aromatic rings. The fourth-order valence-corrected chi connectivity index (χ4v) is 4.45. The third-order valence-electron chi connectivity index (χ3n) is 4.18. The summed E-state index contributed by atoms with van der Waals surface area (Å²) >= 11 is 6.17. The standard InChI is InChI=1S/C23H20ClN2O5P/c1-17(23(27)29-16-18-10-5-3-6-11-18)26-32(28,30-19-12-7-4-8-13-19)31-22-20(24)14-9-15-21(22)25-2/h3-15,17H,16H2,1H3,(H,26,28)/t17-,32?/m0/s1. The molecule has 7 nitrogen and oxygen atoms in total. The second kappa shape index (κ2) is 10.8. The molecule has 0 aliphatic heterocycles. The summed E-state index contributed by atoms with van der Waals surface area (Å²) in [4.78, 5) is 15.8. The highest BCUT2D eigenvalue weighted by atomic mass is 35.5. The van der Waals surface area contributed by atoms with Gasteiger partial charge < -0.3 is 13.8 Å². The summed E-state index contributed by atoms with van der Waals surface area (Å²) in [7, 11) is -4.21. The summed E-state index contributed by atoms with van der Waals surface area (Å²) in [5.74, 6) is -0.524. The quantitative estimate of drug-likeness (QED) is 0.228. The Labute approximate surface area is 191 Å². The highest BCUT2D eigenvalue weighted by Crippen LogP contribution is 2.50. The normalized spacial score (nSPS) is 13.3. The first-order valence-electron chi connectivity index (χ1n) is 9.59. The van der Waals surface area contributed by atoms with Gasteiger partial charge in [0.25, 0.3) is 0 Å². The van der Waals surface area contributed by atoms with Crippen molar-refractivity contribution in [3.8, 4) is 11.5 Å². The van der Waals surface area contributed by atoms with Gasteiger partial charge in [0.05, 0.1) is 11.6 Å². The molecule has 3 rings (SSSR count). The zero-order valence-corrected chi connectivity index (χ0v) is 18.8. The van der Waals surface area contributed by atoms with Gasteiger partial charge in [-0.25, -0.2) is 9.41 Å². The first-order valence-corrected chi connectivity index (χ1v) is 11.5. The molecule has 3 aromatic carbocycles. The van der Waals surface area contributed by atoms with E-state index in [2.05, 4.69) is 9.93 Å². The Morgan fingerprint density at radius 3 is 2.34 bits per heavy atom. The summed E-state index contributed by atoms with van der Waals surface area (Å²) in [6, 6.07) is 21.0. The van der Waals surface area contributed by atoms with Crippen LogP contribution in [0.2, 0.25) is 5.02 Å². The molecule has 0 saturated carbocycles. The number of carbonyl (C=O) groups is 1. The van der Waals surface area contributed by atoms with Gasteiger partial charge in [-0.3, -0.25) is 4.79 Å². The monoisotopic (exact) mass is 470 g/mol. The first kappa shape index (κ1) is 23.4. The maximum atomic E-state index is 13.6. The lowest BCUT2D eigenvalue weighted by Gasteiger charge is -2.24. The van der Waals surface area contributed by atoms with Crippen molar-refractivity contribution >= 4 is 31.0 Å². The van der Waals surface area contributed by atoms with Gasteiger partial charge in [-0.2, -0.15) is 5.09 Å². The van der Waals surface area contributed by atoms with Crippen LogP contribution >= 0.6 is 19.3 Å². The number of nitrogens with zero attached hydrogens (tertiary/aromatic N) is 1. The van der Waals surface area contributed by atoms with Crippen molar-refractivity contribution in [2.45, 2.75) is 19.6 Å². The molecule has 0 spiro atoms. The zero-order valence-electron chi connectivity index (χ0n) is 17.1. The lowest BCUT2D eigenvalue weighted by molar-refractivity contribution is -0.146. The molecular formula is C23H20ClN2O5P. The molecule has 0 heterocycles. The molecule has 0 amide bonds. The van der Waals surface area contributed by atoms with Crippen molar-refractivity contribution in [3.63, 3.8) is 0 Å². The van der Waals surface area contributed by atoms with Crippen LogP contribution in [0, 0.1) is 6.57 Å². The third-order valence-corrected chi connectivity index (χ3v) is 6.05. The molecule has 0 aromatic heterocycles. The van der Waals surface area contributed by atoms with E-state index in [1.54, 1.807) is 36.4 Å². The Balaban J connectivity index is 1.80. The highest BCUT2D eigenvalue weighted by molar-refractivity contribution is 7.52. The maximum absolute atomic E-state index is 13.6. The second-order valence-electron chi connectivity index (χ2n) is 6.64. The number of nitrogens with one attached hydrogen (secondary N) is 1. The molecule has 1 unspecified atom stereocenters. The van der Waals surface area contributed by atoms with E-state index in [1.165, 1.54) is 19.1 Å². The van der Waals surface area contributed by atoms with Crippen LogP contribution in [0.5, 0.6) is 11.5 Å². The largest absolute Gasteiger partial charge is 0.512 e. The predicted octanol–water partition coefficient (Wildman–Crippen LogP) is 6.18. The SMILES string of the molecule is [C-]#[N+]c1cccc(Cl)c1OP(=O)(N[C@@H](C)C(=O)OCc1ccccc1)Oc1ccccc1. The minimum atomic E-state index is -4.21. The van der Waals surface area contributed by atoms with E-state index in [-0.39, 0.29) is 28.8 Å². The number of hydrogen-bond acceptors (Lipinski definition) is 5.